The van der Waals surface area contributed by atoms with E-state index in [1.807, 2.05) is 32.9 Å². The van der Waals surface area contributed by atoms with E-state index in [9.17, 15) is 24.5 Å². The van der Waals surface area contributed by atoms with Crippen LogP contribution in [0.3, 0.4) is 0 Å². The number of aryl methyl sites for hydroxylation is 1. The zero-order chi connectivity index (χ0) is 26.0. The maximum absolute atomic E-state index is 13.7. The van der Waals surface area contributed by atoms with Gasteiger partial charge in [0.05, 0.1) is 11.5 Å². The lowest BCUT2D eigenvalue weighted by molar-refractivity contribution is -0.384. The number of ether oxygens (including phenoxy) is 1. The molecule has 0 aromatic heterocycles. The Kier molecular flexibility index (Phi) is 7.07. The fourth-order valence-corrected chi connectivity index (χ4v) is 4.78. The number of non-ortho nitro benzene ring substituents is 1. The molecule has 2 aliphatic rings. The summed E-state index contributed by atoms with van der Waals surface area (Å²) in [4.78, 5) is 53.5. The zero-order valence-electron chi connectivity index (χ0n) is 20.6. The van der Waals surface area contributed by atoms with Crippen molar-refractivity contribution < 1.29 is 24.0 Å². The molecule has 0 saturated carbocycles. The van der Waals surface area contributed by atoms with Gasteiger partial charge in [0.1, 0.15) is 11.8 Å². The number of carbonyl (C=O) groups excluding carboxylic acids is 3. The summed E-state index contributed by atoms with van der Waals surface area (Å²) in [5.74, 6) is -0.899. The maximum Gasteiger partial charge on any atom is 0.270 e. The molecular weight excluding hydrogens is 464 g/mol. The Bertz CT molecular complexity index is 1170. The van der Waals surface area contributed by atoms with Crippen molar-refractivity contribution in [3.8, 4) is 0 Å². The molecule has 1 spiro atoms. The van der Waals surface area contributed by atoms with E-state index in [0.29, 0.717) is 18.4 Å². The van der Waals surface area contributed by atoms with E-state index in [-0.39, 0.29) is 54.7 Å². The van der Waals surface area contributed by atoms with Gasteiger partial charge in [0.15, 0.2) is 0 Å². The van der Waals surface area contributed by atoms with Crippen molar-refractivity contribution >= 4 is 23.4 Å². The fraction of sp³-hybridized carbons (Fsp3) is 0.423. The minimum absolute atomic E-state index is 0.0645. The number of hydrogen-bond acceptors (Lipinski definition) is 6. The summed E-state index contributed by atoms with van der Waals surface area (Å²) in [6.45, 7) is 6.26. The number of rotatable bonds is 5. The summed E-state index contributed by atoms with van der Waals surface area (Å²) < 4.78 is 6.18. The van der Waals surface area contributed by atoms with Crippen molar-refractivity contribution in [2.24, 2.45) is 0 Å². The van der Waals surface area contributed by atoms with Crippen LogP contribution >= 0.6 is 0 Å². The molecule has 10 heteroatoms. The monoisotopic (exact) mass is 494 g/mol. The molecule has 190 valence electrons. The highest BCUT2D eigenvalue weighted by Crippen LogP contribution is 2.39. The number of carbonyl (C=O) groups is 3. The molecule has 2 aromatic rings. The van der Waals surface area contributed by atoms with E-state index in [1.54, 1.807) is 28.0 Å². The predicted octanol–water partition coefficient (Wildman–Crippen LogP) is 2.90. The molecule has 2 fully saturated rings. The van der Waals surface area contributed by atoms with Crippen LogP contribution in [0.1, 0.15) is 53.0 Å². The number of nitrogens with one attached hydrogen (secondary N) is 1. The normalized spacial score (nSPS) is 18.9. The molecule has 36 heavy (non-hydrogen) atoms. The number of benzene rings is 2. The Hall–Kier alpha value is -3.79. The first-order chi connectivity index (χ1) is 17.1. The second-order valence-corrected chi connectivity index (χ2v) is 9.58. The topological polar surface area (TPSA) is 122 Å². The lowest BCUT2D eigenvalue weighted by Gasteiger charge is -2.44. The predicted molar refractivity (Wildman–Crippen MR) is 131 cm³/mol. The van der Waals surface area contributed by atoms with Gasteiger partial charge in [-0.3, -0.25) is 29.4 Å². The third-order valence-corrected chi connectivity index (χ3v) is 6.65. The number of likely N-dealkylation sites (tertiary alicyclic amines) is 1. The van der Waals surface area contributed by atoms with Crippen LogP contribution in [0.2, 0.25) is 0 Å². The molecule has 3 amide bonds. The first-order valence-electron chi connectivity index (χ1n) is 12.0. The molecule has 0 aliphatic carbocycles. The first kappa shape index (κ1) is 25.3. The average Bonchev–Trinajstić information content (AvgIpc) is 3.22. The third kappa shape index (κ3) is 4.94. The van der Waals surface area contributed by atoms with Crippen molar-refractivity contribution in [1.29, 1.82) is 0 Å². The maximum atomic E-state index is 13.7. The van der Waals surface area contributed by atoms with Crippen LogP contribution in [0.5, 0.6) is 0 Å². The molecular formula is C26H30N4O6. The summed E-state index contributed by atoms with van der Waals surface area (Å²) in [6, 6.07) is 11.9. The summed E-state index contributed by atoms with van der Waals surface area (Å²) in [5, 5.41) is 14.0. The van der Waals surface area contributed by atoms with Gasteiger partial charge in [0, 0.05) is 55.2 Å². The molecule has 0 radical (unpaired) electrons. The molecule has 0 unspecified atom stereocenters. The molecule has 1 atom stereocenters. The van der Waals surface area contributed by atoms with E-state index in [2.05, 4.69) is 5.32 Å². The van der Waals surface area contributed by atoms with Gasteiger partial charge >= 0.3 is 0 Å². The summed E-state index contributed by atoms with van der Waals surface area (Å²) >= 11 is 0. The molecule has 4 rings (SSSR count). The van der Waals surface area contributed by atoms with Gasteiger partial charge in [-0.05, 0) is 39.0 Å². The number of nitrogens with zero attached hydrogens (tertiary/aromatic N) is 3. The summed E-state index contributed by atoms with van der Waals surface area (Å²) in [5.41, 5.74) is 0.529. The van der Waals surface area contributed by atoms with Crippen molar-refractivity contribution in [2.75, 3.05) is 19.7 Å². The second-order valence-electron chi connectivity index (χ2n) is 9.58. The molecule has 2 aromatic carbocycles. The summed E-state index contributed by atoms with van der Waals surface area (Å²) in [7, 11) is 0. The van der Waals surface area contributed by atoms with E-state index < -0.39 is 16.7 Å². The van der Waals surface area contributed by atoms with Crippen molar-refractivity contribution in [1.82, 2.24) is 15.1 Å². The van der Waals surface area contributed by atoms with Gasteiger partial charge in [-0.15, -0.1) is 0 Å². The SMILES string of the molecule is Cc1ccc(C(=O)N2[C@@H](C(=O)NC(C)C)COC23CCN(C(=O)c2cccc([N+](=O)[O-])c2)CC3)cc1. The molecule has 2 aliphatic heterocycles. The van der Waals surface area contributed by atoms with Gasteiger partial charge < -0.3 is 15.0 Å². The van der Waals surface area contributed by atoms with Crippen LogP contribution in [0.4, 0.5) is 5.69 Å². The fourth-order valence-electron chi connectivity index (χ4n) is 4.78. The highest BCUT2D eigenvalue weighted by Gasteiger charge is 2.54. The lowest BCUT2D eigenvalue weighted by atomic mass is 9.96. The Morgan fingerprint density at radius 1 is 1.06 bits per heavy atom. The zero-order valence-corrected chi connectivity index (χ0v) is 20.6. The van der Waals surface area contributed by atoms with E-state index in [4.69, 9.17) is 4.74 Å². The van der Waals surface area contributed by atoms with Crippen LogP contribution in [0, 0.1) is 17.0 Å². The molecule has 1 N–H and O–H groups in total. The van der Waals surface area contributed by atoms with Crippen molar-refractivity contribution in [2.45, 2.75) is 51.4 Å². The highest BCUT2D eigenvalue weighted by molar-refractivity contribution is 5.99. The second kappa shape index (κ2) is 10.1. The van der Waals surface area contributed by atoms with Crippen LogP contribution in [-0.2, 0) is 9.53 Å². The largest absolute Gasteiger partial charge is 0.353 e. The van der Waals surface area contributed by atoms with Crippen LogP contribution in [-0.4, -0.2) is 69.9 Å². The smallest absolute Gasteiger partial charge is 0.270 e. The number of piperidine rings is 1. The van der Waals surface area contributed by atoms with E-state index >= 15 is 0 Å². The quantitative estimate of drug-likeness (QED) is 0.504. The van der Waals surface area contributed by atoms with Crippen LogP contribution in [0.15, 0.2) is 48.5 Å². The molecule has 2 saturated heterocycles. The van der Waals surface area contributed by atoms with Gasteiger partial charge in [-0.2, -0.15) is 0 Å². The van der Waals surface area contributed by atoms with Gasteiger partial charge in [-0.1, -0.05) is 23.8 Å². The molecule has 10 nitrogen and oxygen atoms in total. The van der Waals surface area contributed by atoms with E-state index in [0.717, 1.165) is 5.56 Å². The minimum atomic E-state index is -1.03. The van der Waals surface area contributed by atoms with E-state index in [1.165, 1.54) is 18.2 Å². The lowest BCUT2D eigenvalue weighted by Crippen LogP contribution is -2.60. The standard InChI is InChI=1S/C26H30N4O6/c1-17(2)27-23(31)22-16-36-26(29(22)25(33)19-9-7-18(3)8-10-19)11-13-28(14-12-26)24(32)20-5-4-6-21(15-20)30(34)35/h4-10,15,17,22H,11-14,16H2,1-3H3,(H,27,31)/t22-/m1/s1. The molecule has 0 bridgehead atoms. The van der Waals surface area contributed by atoms with Gasteiger partial charge in [-0.25, -0.2) is 0 Å². The van der Waals surface area contributed by atoms with Gasteiger partial charge in [0.25, 0.3) is 17.5 Å². The first-order valence-corrected chi connectivity index (χ1v) is 12.0. The average molecular weight is 495 g/mol. The highest BCUT2D eigenvalue weighted by atomic mass is 16.6. The molecule has 2 heterocycles. The van der Waals surface area contributed by atoms with Crippen LogP contribution in [0.25, 0.3) is 0 Å². The summed E-state index contributed by atoms with van der Waals surface area (Å²) in [6.07, 6.45) is 0.632. The number of nitro groups is 1. The minimum Gasteiger partial charge on any atom is -0.353 e. The Morgan fingerprint density at radius 3 is 2.33 bits per heavy atom. The van der Waals surface area contributed by atoms with Gasteiger partial charge in [0.2, 0.25) is 5.91 Å². The number of amides is 3. The Morgan fingerprint density at radius 2 is 1.72 bits per heavy atom. The Balaban J connectivity index is 1.57. The number of nitro benzene ring substituents is 1. The van der Waals surface area contributed by atoms with Crippen LogP contribution < -0.4 is 5.32 Å². The third-order valence-electron chi connectivity index (χ3n) is 6.65. The Labute approximate surface area is 209 Å². The van der Waals surface area contributed by atoms with Crippen molar-refractivity contribution in [3.05, 3.63) is 75.3 Å². The van der Waals surface area contributed by atoms with Crippen molar-refractivity contribution in [3.63, 3.8) is 0 Å². The number of hydrogen-bond donors (Lipinski definition) is 1.